The molecule has 1 saturated heterocycles. The van der Waals surface area contributed by atoms with Gasteiger partial charge in [-0.25, -0.2) is 0 Å². The van der Waals surface area contributed by atoms with E-state index in [4.69, 9.17) is 5.73 Å². The first-order valence-corrected chi connectivity index (χ1v) is 6.18. The van der Waals surface area contributed by atoms with Crippen LogP contribution >= 0.6 is 0 Å². The Kier molecular flexibility index (Phi) is 3.13. The van der Waals surface area contributed by atoms with Crippen LogP contribution in [0, 0.1) is 5.92 Å². The van der Waals surface area contributed by atoms with Gasteiger partial charge in [-0.15, -0.1) is 0 Å². The van der Waals surface area contributed by atoms with E-state index in [0.29, 0.717) is 6.04 Å². The fourth-order valence-corrected chi connectivity index (χ4v) is 3.27. The molecule has 2 nitrogen and oxygen atoms in total. The molecule has 0 aromatic rings. The minimum atomic E-state index is 0.488. The van der Waals surface area contributed by atoms with E-state index < -0.39 is 0 Å². The minimum absolute atomic E-state index is 0.488. The maximum Gasteiger partial charge on any atom is 0.00993 e. The summed E-state index contributed by atoms with van der Waals surface area (Å²) >= 11 is 0. The Balaban J connectivity index is 1.89. The van der Waals surface area contributed by atoms with E-state index in [1.54, 1.807) is 0 Å². The Labute approximate surface area is 87.8 Å². The SMILES string of the molecule is CC1CC(C)N(C2CCC(N)CC2)C1. The third-order valence-electron chi connectivity index (χ3n) is 4.04. The lowest BCUT2D eigenvalue weighted by molar-refractivity contribution is 0.141. The zero-order valence-electron chi connectivity index (χ0n) is 9.58. The number of hydrogen-bond acceptors (Lipinski definition) is 2. The highest BCUT2D eigenvalue weighted by Gasteiger charge is 2.33. The van der Waals surface area contributed by atoms with Crippen molar-refractivity contribution in [2.75, 3.05) is 6.54 Å². The van der Waals surface area contributed by atoms with E-state index in [1.807, 2.05) is 0 Å². The first-order chi connectivity index (χ1) is 6.66. The van der Waals surface area contributed by atoms with Gasteiger partial charge in [0.05, 0.1) is 0 Å². The van der Waals surface area contributed by atoms with Crippen molar-refractivity contribution in [1.29, 1.82) is 0 Å². The summed E-state index contributed by atoms with van der Waals surface area (Å²) in [7, 11) is 0. The highest BCUT2D eigenvalue weighted by atomic mass is 15.2. The summed E-state index contributed by atoms with van der Waals surface area (Å²) in [4.78, 5) is 2.73. The summed E-state index contributed by atoms with van der Waals surface area (Å²) < 4.78 is 0. The summed E-state index contributed by atoms with van der Waals surface area (Å²) in [6.07, 6.45) is 6.53. The van der Waals surface area contributed by atoms with Gasteiger partial charge >= 0.3 is 0 Å². The fraction of sp³-hybridized carbons (Fsp3) is 1.00. The van der Waals surface area contributed by atoms with E-state index in [1.165, 1.54) is 38.6 Å². The molecule has 2 unspecified atom stereocenters. The second-order valence-corrected chi connectivity index (χ2v) is 5.46. The van der Waals surface area contributed by atoms with Crippen molar-refractivity contribution in [1.82, 2.24) is 4.90 Å². The lowest BCUT2D eigenvalue weighted by Crippen LogP contribution is -2.42. The lowest BCUT2D eigenvalue weighted by Gasteiger charge is -2.36. The van der Waals surface area contributed by atoms with Crippen molar-refractivity contribution in [2.45, 2.75) is 64.1 Å². The predicted octanol–water partition coefficient (Wildman–Crippen LogP) is 1.99. The second-order valence-electron chi connectivity index (χ2n) is 5.46. The first-order valence-electron chi connectivity index (χ1n) is 6.18. The van der Waals surface area contributed by atoms with Gasteiger partial charge in [0, 0.05) is 24.7 Å². The summed E-state index contributed by atoms with van der Waals surface area (Å²) in [5.41, 5.74) is 5.94. The van der Waals surface area contributed by atoms with Crippen LogP contribution in [0.1, 0.15) is 46.0 Å². The number of rotatable bonds is 1. The maximum atomic E-state index is 5.94. The van der Waals surface area contributed by atoms with E-state index in [-0.39, 0.29) is 0 Å². The molecule has 1 saturated carbocycles. The fourth-order valence-electron chi connectivity index (χ4n) is 3.27. The van der Waals surface area contributed by atoms with Crippen molar-refractivity contribution in [3.63, 3.8) is 0 Å². The third kappa shape index (κ3) is 2.12. The molecule has 0 spiro atoms. The number of likely N-dealkylation sites (tertiary alicyclic amines) is 1. The van der Waals surface area contributed by atoms with Crippen LogP contribution < -0.4 is 5.73 Å². The molecule has 2 heteroatoms. The molecule has 0 aromatic carbocycles. The minimum Gasteiger partial charge on any atom is -0.328 e. The standard InChI is InChI=1S/C12H24N2/c1-9-7-10(2)14(8-9)12-5-3-11(13)4-6-12/h9-12H,3-8,13H2,1-2H3. The molecule has 1 aliphatic carbocycles. The molecule has 0 aromatic heterocycles. The van der Waals surface area contributed by atoms with E-state index >= 15 is 0 Å². The van der Waals surface area contributed by atoms with Crippen LogP contribution in [-0.4, -0.2) is 29.6 Å². The van der Waals surface area contributed by atoms with Crippen molar-refractivity contribution in [3.05, 3.63) is 0 Å². The smallest absolute Gasteiger partial charge is 0.00993 e. The van der Waals surface area contributed by atoms with Gasteiger partial charge in [-0.05, 0) is 44.9 Å². The highest BCUT2D eigenvalue weighted by molar-refractivity contribution is 4.88. The van der Waals surface area contributed by atoms with Crippen LogP contribution in [-0.2, 0) is 0 Å². The Hall–Kier alpha value is -0.0800. The van der Waals surface area contributed by atoms with Crippen molar-refractivity contribution < 1.29 is 0 Å². The summed E-state index contributed by atoms with van der Waals surface area (Å²) in [5.74, 6) is 0.903. The van der Waals surface area contributed by atoms with Gasteiger partial charge in [-0.1, -0.05) is 6.92 Å². The molecule has 2 fully saturated rings. The molecular weight excluding hydrogens is 172 g/mol. The number of hydrogen-bond donors (Lipinski definition) is 1. The quantitative estimate of drug-likeness (QED) is 0.695. The van der Waals surface area contributed by atoms with Gasteiger partial charge in [0.1, 0.15) is 0 Å². The van der Waals surface area contributed by atoms with E-state index in [9.17, 15) is 0 Å². The molecule has 82 valence electrons. The Morgan fingerprint density at radius 2 is 1.71 bits per heavy atom. The van der Waals surface area contributed by atoms with Crippen molar-refractivity contribution >= 4 is 0 Å². The average Bonchev–Trinajstić information content (AvgIpc) is 2.47. The molecule has 1 heterocycles. The summed E-state index contributed by atoms with van der Waals surface area (Å²) in [6.45, 7) is 6.09. The van der Waals surface area contributed by atoms with Gasteiger partial charge in [0.2, 0.25) is 0 Å². The molecule has 2 aliphatic rings. The van der Waals surface area contributed by atoms with Crippen molar-refractivity contribution in [3.8, 4) is 0 Å². The van der Waals surface area contributed by atoms with E-state index in [2.05, 4.69) is 18.7 Å². The molecule has 2 rings (SSSR count). The van der Waals surface area contributed by atoms with Crippen LogP contribution in [0.5, 0.6) is 0 Å². The Morgan fingerprint density at radius 1 is 1.07 bits per heavy atom. The zero-order valence-corrected chi connectivity index (χ0v) is 9.58. The molecule has 0 radical (unpaired) electrons. The lowest BCUT2D eigenvalue weighted by atomic mass is 9.90. The van der Waals surface area contributed by atoms with Gasteiger partial charge in [0.15, 0.2) is 0 Å². The largest absolute Gasteiger partial charge is 0.328 e. The third-order valence-corrected chi connectivity index (χ3v) is 4.04. The highest BCUT2D eigenvalue weighted by Crippen LogP contribution is 2.30. The van der Waals surface area contributed by atoms with Crippen molar-refractivity contribution in [2.24, 2.45) is 11.7 Å². The van der Waals surface area contributed by atoms with Crippen LogP contribution in [0.3, 0.4) is 0 Å². The van der Waals surface area contributed by atoms with Gasteiger partial charge in [0.25, 0.3) is 0 Å². The molecule has 1 aliphatic heterocycles. The first kappa shape index (κ1) is 10.4. The summed E-state index contributed by atoms with van der Waals surface area (Å²) in [6, 6.07) is 2.14. The zero-order chi connectivity index (χ0) is 10.1. The summed E-state index contributed by atoms with van der Waals surface area (Å²) in [5, 5.41) is 0. The van der Waals surface area contributed by atoms with Crippen LogP contribution in [0.2, 0.25) is 0 Å². The maximum absolute atomic E-state index is 5.94. The van der Waals surface area contributed by atoms with Crippen LogP contribution in [0.25, 0.3) is 0 Å². The molecule has 2 atom stereocenters. The Bertz CT molecular complexity index is 185. The predicted molar refractivity (Wildman–Crippen MR) is 60.2 cm³/mol. The molecular formula is C12H24N2. The molecule has 0 bridgehead atoms. The van der Waals surface area contributed by atoms with Gasteiger partial charge in [-0.2, -0.15) is 0 Å². The molecule has 0 amide bonds. The van der Waals surface area contributed by atoms with Crippen LogP contribution in [0.4, 0.5) is 0 Å². The van der Waals surface area contributed by atoms with Gasteiger partial charge < -0.3 is 5.73 Å². The second kappa shape index (κ2) is 4.19. The Morgan fingerprint density at radius 3 is 2.21 bits per heavy atom. The monoisotopic (exact) mass is 196 g/mol. The molecule has 14 heavy (non-hydrogen) atoms. The average molecular weight is 196 g/mol. The van der Waals surface area contributed by atoms with Gasteiger partial charge in [-0.3, -0.25) is 4.90 Å². The van der Waals surface area contributed by atoms with Crippen LogP contribution in [0.15, 0.2) is 0 Å². The topological polar surface area (TPSA) is 29.3 Å². The molecule has 2 N–H and O–H groups in total. The number of nitrogens with two attached hydrogens (primary N) is 1. The number of nitrogens with zero attached hydrogens (tertiary/aromatic N) is 1. The van der Waals surface area contributed by atoms with E-state index in [0.717, 1.165) is 18.0 Å². The normalized spacial score (nSPS) is 45.6.